The summed E-state index contributed by atoms with van der Waals surface area (Å²) in [6.45, 7) is 0. The maximum atomic E-state index is 13.2. The molecule has 0 aliphatic rings. The molecule has 0 unspecified atom stereocenters. The molecule has 5 nitrogen and oxygen atoms in total. The second-order valence-corrected chi connectivity index (χ2v) is 4.78. The molecule has 0 amide bonds. The Balaban J connectivity index is 2.16. The van der Waals surface area contributed by atoms with Crippen LogP contribution in [0.15, 0.2) is 41.1 Å². The third kappa shape index (κ3) is 3.04. The highest BCUT2D eigenvalue weighted by molar-refractivity contribution is 7.86. The summed E-state index contributed by atoms with van der Waals surface area (Å²) in [6, 6.07) is 6.65. The van der Waals surface area contributed by atoms with E-state index in [4.69, 9.17) is 0 Å². The molecule has 1 aromatic carbocycles. The Labute approximate surface area is 96.9 Å². The zero-order chi connectivity index (χ0) is 12.3. The predicted octanol–water partition coefficient (Wildman–Crippen LogP) is 1.72. The smallest absolute Gasteiger partial charge is 0.315 e. The van der Waals surface area contributed by atoms with Crippen LogP contribution in [0.4, 0.5) is 4.39 Å². The highest BCUT2D eigenvalue weighted by Crippen LogP contribution is 2.18. The topological polar surface area (TPSA) is 69.4 Å². The molecule has 0 saturated carbocycles. The van der Waals surface area contributed by atoms with Gasteiger partial charge in [-0.3, -0.25) is 0 Å². The second-order valence-electron chi connectivity index (χ2n) is 3.21. The molecule has 17 heavy (non-hydrogen) atoms. The van der Waals surface area contributed by atoms with Gasteiger partial charge in [-0.15, -0.1) is 0 Å². The van der Waals surface area contributed by atoms with Gasteiger partial charge in [0.1, 0.15) is 17.7 Å². The molecule has 0 saturated heterocycles. The van der Waals surface area contributed by atoms with E-state index in [-0.39, 0.29) is 11.4 Å². The van der Waals surface area contributed by atoms with E-state index >= 15 is 0 Å². The third-order valence-electron chi connectivity index (χ3n) is 1.87. The van der Waals surface area contributed by atoms with Crippen molar-refractivity contribution in [2.24, 2.45) is 0 Å². The molecule has 90 valence electrons. The summed E-state index contributed by atoms with van der Waals surface area (Å²) in [7, 11) is -3.94. The normalized spacial score (nSPS) is 11.4. The van der Waals surface area contributed by atoms with Crippen LogP contribution >= 0.6 is 0 Å². The fourth-order valence-electron chi connectivity index (χ4n) is 1.17. The summed E-state index contributed by atoms with van der Waals surface area (Å²) >= 11 is 0. The fraction of sp³-hybridized carbons (Fsp3) is 0.100. The maximum Gasteiger partial charge on any atom is 0.315 e. The monoisotopic (exact) mass is 257 g/mol. The van der Waals surface area contributed by atoms with Crippen molar-refractivity contribution in [2.45, 2.75) is 5.75 Å². The number of hydrogen-bond acceptors (Lipinski definition) is 5. The Morgan fingerprint density at radius 2 is 2.06 bits per heavy atom. The van der Waals surface area contributed by atoms with Crippen molar-refractivity contribution in [2.75, 3.05) is 0 Å². The van der Waals surface area contributed by atoms with Crippen LogP contribution < -0.4 is 4.18 Å². The molecule has 1 aromatic heterocycles. The van der Waals surface area contributed by atoms with Gasteiger partial charge in [-0.25, -0.2) is 4.39 Å². The second kappa shape index (κ2) is 4.54. The first-order chi connectivity index (χ1) is 8.07. The number of para-hydroxylation sites is 1. The van der Waals surface area contributed by atoms with E-state index in [1.165, 1.54) is 30.5 Å². The van der Waals surface area contributed by atoms with Gasteiger partial charge in [-0.1, -0.05) is 17.3 Å². The molecule has 0 atom stereocenters. The summed E-state index contributed by atoms with van der Waals surface area (Å²) in [5.74, 6) is -1.55. The molecule has 1 heterocycles. The summed E-state index contributed by atoms with van der Waals surface area (Å²) in [5, 5.41) is 3.44. The van der Waals surface area contributed by atoms with Gasteiger partial charge in [-0.05, 0) is 12.1 Å². The van der Waals surface area contributed by atoms with E-state index < -0.39 is 21.7 Å². The highest BCUT2D eigenvalue weighted by Gasteiger charge is 2.17. The standard InChI is InChI=1S/C10H8FNO4S/c11-9-3-1-2-4-10(9)16-17(13,14)7-8-5-6-15-12-8/h1-6H,7H2. The minimum absolute atomic E-state index is 0.196. The Kier molecular flexibility index (Phi) is 3.10. The molecule has 2 rings (SSSR count). The van der Waals surface area contributed by atoms with E-state index in [0.717, 1.165) is 6.07 Å². The first-order valence-corrected chi connectivity index (χ1v) is 6.20. The highest BCUT2D eigenvalue weighted by atomic mass is 32.2. The van der Waals surface area contributed by atoms with E-state index in [1.54, 1.807) is 0 Å². The largest absolute Gasteiger partial charge is 0.379 e. The summed E-state index contributed by atoms with van der Waals surface area (Å²) in [4.78, 5) is 0. The van der Waals surface area contributed by atoms with E-state index in [0.29, 0.717) is 0 Å². The summed E-state index contributed by atoms with van der Waals surface area (Å²) < 4.78 is 45.4. The van der Waals surface area contributed by atoms with Crippen molar-refractivity contribution in [1.29, 1.82) is 0 Å². The molecule has 0 N–H and O–H groups in total. The van der Waals surface area contributed by atoms with Crippen molar-refractivity contribution in [3.05, 3.63) is 48.1 Å². The van der Waals surface area contributed by atoms with Gasteiger partial charge in [0.05, 0.1) is 0 Å². The van der Waals surface area contributed by atoms with Crippen LogP contribution in [0.25, 0.3) is 0 Å². The Hall–Kier alpha value is -1.89. The van der Waals surface area contributed by atoms with Gasteiger partial charge < -0.3 is 8.71 Å². The molecule has 0 fully saturated rings. The number of benzene rings is 1. The summed E-state index contributed by atoms with van der Waals surface area (Å²) in [5.41, 5.74) is 0.196. The van der Waals surface area contributed by atoms with Gasteiger partial charge in [0.2, 0.25) is 0 Å². The quantitative estimate of drug-likeness (QED) is 0.780. The Morgan fingerprint density at radius 1 is 1.29 bits per heavy atom. The van der Waals surface area contributed by atoms with Gasteiger partial charge in [0.25, 0.3) is 0 Å². The number of hydrogen-bond donors (Lipinski definition) is 0. The van der Waals surface area contributed by atoms with Crippen molar-refractivity contribution in [3.8, 4) is 5.75 Å². The van der Waals surface area contributed by atoms with Crippen LogP contribution in [-0.2, 0) is 15.9 Å². The molecule has 0 aliphatic carbocycles. The van der Waals surface area contributed by atoms with Crippen molar-refractivity contribution >= 4 is 10.1 Å². The molecule has 0 aliphatic heterocycles. The minimum Gasteiger partial charge on any atom is -0.379 e. The summed E-state index contributed by atoms with van der Waals surface area (Å²) in [6.07, 6.45) is 1.24. The molecular formula is C10H8FNO4S. The van der Waals surface area contributed by atoms with E-state index in [2.05, 4.69) is 13.9 Å². The first-order valence-electron chi connectivity index (χ1n) is 4.63. The molecular weight excluding hydrogens is 249 g/mol. The molecule has 0 radical (unpaired) electrons. The molecule has 0 spiro atoms. The van der Waals surface area contributed by atoms with Crippen LogP contribution in [0.5, 0.6) is 5.75 Å². The first kappa shape index (κ1) is 11.6. The average Bonchev–Trinajstić information content (AvgIpc) is 2.73. The number of aromatic nitrogens is 1. The van der Waals surface area contributed by atoms with Crippen molar-refractivity contribution in [1.82, 2.24) is 5.16 Å². The zero-order valence-electron chi connectivity index (χ0n) is 8.54. The third-order valence-corrected chi connectivity index (χ3v) is 2.95. The van der Waals surface area contributed by atoms with Gasteiger partial charge in [0, 0.05) is 6.07 Å². The average molecular weight is 257 g/mol. The lowest BCUT2D eigenvalue weighted by Gasteiger charge is -2.05. The van der Waals surface area contributed by atoms with Crippen LogP contribution in [-0.4, -0.2) is 13.6 Å². The van der Waals surface area contributed by atoms with E-state index in [1.807, 2.05) is 0 Å². The van der Waals surface area contributed by atoms with Gasteiger partial charge in [-0.2, -0.15) is 8.42 Å². The Bertz CT molecular complexity index is 595. The molecule has 0 bridgehead atoms. The zero-order valence-corrected chi connectivity index (χ0v) is 9.35. The Morgan fingerprint density at radius 3 is 2.71 bits per heavy atom. The van der Waals surface area contributed by atoms with E-state index in [9.17, 15) is 12.8 Å². The van der Waals surface area contributed by atoms with Crippen LogP contribution in [0.2, 0.25) is 0 Å². The number of halogens is 1. The molecule has 7 heteroatoms. The number of nitrogens with zero attached hydrogens (tertiary/aromatic N) is 1. The molecule has 2 aromatic rings. The maximum absolute atomic E-state index is 13.2. The van der Waals surface area contributed by atoms with Crippen molar-refractivity contribution < 1.29 is 21.5 Å². The predicted molar refractivity (Wildman–Crippen MR) is 56.2 cm³/mol. The van der Waals surface area contributed by atoms with Crippen molar-refractivity contribution in [3.63, 3.8) is 0 Å². The lowest BCUT2D eigenvalue weighted by Crippen LogP contribution is -2.13. The van der Waals surface area contributed by atoms with Gasteiger partial charge in [0.15, 0.2) is 11.6 Å². The van der Waals surface area contributed by atoms with Crippen LogP contribution in [0, 0.1) is 5.82 Å². The lowest BCUT2D eigenvalue weighted by molar-refractivity contribution is 0.411. The lowest BCUT2D eigenvalue weighted by atomic mass is 10.3. The SMILES string of the molecule is O=S(=O)(Cc1ccon1)Oc1ccccc1F. The van der Waals surface area contributed by atoms with Crippen LogP contribution in [0.1, 0.15) is 5.69 Å². The number of rotatable bonds is 4. The fourth-order valence-corrected chi connectivity index (χ4v) is 2.15. The van der Waals surface area contributed by atoms with Gasteiger partial charge >= 0.3 is 10.1 Å². The van der Waals surface area contributed by atoms with Crippen LogP contribution in [0.3, 0.4) is 0 Å². The minimum atomic E-state index is -3.94.